The summed E-state index contributed by atoms with van der Waals surface area (Å²) in [6.07, 6.45) is 49.9. The van der Waals surface area contributed by atoms with Crippen molar-refractivity contribution < 1.29 is 4.74 Å². The lowest BCUT2D eigenvalue weighted by Gasteiger charge is -2.59. The number of ether oxygens (including phenoxy) is 1. The summed E-state index contributed by atoms with van der Waals surface area (Å²) in [6, 6.07) is 0. The summed E-state index contributed by atoms with van der Waals surface area (Å²) in [6.45, 7) is 0. The molecule has 9 aliphatic carbocycles. The zero-order valence-corrected chi connectivity index (χ0v) is 29.0. The first kappa shape index (κ1) is 29.9. The highest BCUT2D eigenvalue weighted by Crippen LogP contribution is 2.65. The van der Waals surface area contributed by atoms with Crippen molar-refractivity contribution in [1.29, 1.82) is 0 Å². The number of allylic oxidation sites excluding steroid dienone is 13. The Hall–Kier alpha value is -2.02. The maximum absolute atomic E-state index is 7.35. The second-order valence-corrected chi connectivity index (χ2v) is 17.9. The van der Waals surface area contributed by atoms with Crippen LogP contribution in [0.2, 0.25) is 0 Å². The molecule has 4 fully saturated rings. The largest absolute Gasteiger partial charge is 0.494 e. The molecule has 1 saturated heterocycles. The standard InChI is InChI=1S/C46H60O/c1-3-17-31-29(13-1)15-11-24-33(31)39-27-28-41(45-40-23-9-10-26-42(40)47-46(39)45)44-37-21-7-5-19-35(37)43(36-20-6-8-22-38(36)44)34-25-12-16-30-14-2-4-18-32(30)34/h2,4,7,9,14-15,18,21,23,30-31,33,35-38,40-45H,1,3,5-6,8,10-13,16-17,19-20,22,24-28H2. The van der Waals surface area contributed by atoms with Gasteiger partial charge in [0.25, 0.3) is 0 Å². The second-order valence-electron chi connectivity index (χ2n) is 17.9. The molecule has 0 radical (unpaired) electrons. The molecule has 0 aromatic rings. The van der Waals surface area contributed by atoms with Gasteiger partial charge in [-0.05, 0) is 167 Å². The monoisotopic (exact) mass is 628 g/mol. The van der Waals surface area contributed by atoms with Gasteiger partial charge in [-0.25, -0.2) is 0 Å². The van der Waals surface area contributed by atoms with Crippen LogP contribution in [0.3, 0.4) is 0 Å². The van der Waals surface area contributed by atoms with E-state index in [1.165, 1.54) is 122 Å². The summed E-state index contributed by atoms with van der Waals surface area (Å²) in [4.78, 5) is 0. The van der Waals surface area contributed by atoms with E-state index >= 15 is 0 Å². The molecule has 1 nitrogen and oxygen atoms in total. The summed E-state index contributed by atoms with van der Waals surface area (Å²) in [5.41, 5.74) is 7.35. The molecule has 0 aromatic heterocycles. The molecule has 13 unspecified atom stereocenters. The van der Waals surface area contributed by atoms with E-state index in [1.807, 2.05) is 16.7 Å². The van der Waals surface area contributed by atoms with Crippen LogP contribution in [0.4, 0.5) is 0 Å². The third-order valence-electron chi connectivity index (χ3n) is 16.1. The molecule has 10 rings (SSSR count). The number of hydrogen-bond donors (Lipinski definition) is 0. The van der Waals surface area contributed by atoms with Gasteiger partial charge < -0.3 is 4.74 Å². The Balaban J connectivity index is 1.06. The fourth-order valence-electron chi connectivity index (χ4n) is 14.5. The fourth-order valence-corrected chi connectivity index (χ4v) is 14.5. The normalized spacial score (nSPS) is 46.8. The lowest BCUT2D eigenvalue weighted by molar-refractivity contribution is -0.0594. The molecule has 1 heterocycles. The Morgan fingerprint density at radius 3 is 2.38 bits per heavy atom. The summed E-state index contributed by atoms with van der Waals surface area (Å²) >= 11 is 0. The van der Waals surface area contributed by atoms with E-state index in [-0.39, 0.29) is 0 Å². The molecular formula is C46H60O. The Morgan fingerprint density at radius 2 is 1.43 bits per heavy atom. The van der Waals surface area contributed by atoms with E-state index < -0.39 is 0 Å². The minimum Gasteiger partial charge on any atom is -0.494 e. The van der Waals surface area contributed by atoms with E-state index in [9.17, 15) is 0 Å². The topological polar surface area (TPSA) is 9.23 Å². The van der Waals surface area contributed by atoms with Gasteiger partial charge in [0.05, 0.1) is 5.76 Å². The summed E-state index contributed by atoms with van der Waals surface area (Å²) < 4.78 is 7.35. The molecular weight excluding hydrogens is 569 g/mol. The summed E-state index contributed by atoms with van der Waals surface area (Å²) in [5.74, 6) is 11.0. The Kier molecular flexibility index (Phi) is 7.87. The first-order valence-corrected chi connectivity index (χ1v) is 20.8. The lowest BCUT2D eigenvalue weighted by Crippen LogP contribution is -2.53. The van der Waals surface area contributed by atoms with E-state index in [1.54, 1.807) is 11.3 Å². The van der Waals surface area contributed by atoms with E-state index in [4.69, 9.17) is 4.74 Å². The van der Waals surface area contributed by atoms with Crippen molar-refractivity contribution in [1.82, 2.24) is 0 Å². The van der Waals surface area contributed by atoms with Crippen molar-refractivity contribution in [2.45, 2.75) is 128 Å². The molecule has 250 valence electrons. The molecule has 3 saturated carbocycles. The zero-order chi connectivity index (χ0) is 30.9. The predicted molar refractivity (Wildman–Crippen MR) is 193 cm³/mol. The molecule has 0 bridgehead atoms. The predicted octanol–water partition coefficient (Wildman–Crippen LogP) is 12.0. The molecule has 0 N–H and O–H groups in total. The Labute approximate surface area is 285 Å². The average molecular weight is 629 g/mol. The average Bonchev–Trinajstić information content (AvgIpc) is 3.53. The van der Waals surface area contributed by atoms with Crippen molar-refractivity contribution in [3.8, 4) is 0 Å². The third kappa shape index (κ3) is 4.88. The number of hydrogen-bond acceptors (Lipinski definition) is 1. The fraction of sp³-hybridized carbons (Fsp3) is 0.696. The van der Waals surface area contributed by atoms with Crippen LogP contribution < -0.4 is 0 Å². The van der Waals surface area contributed by atoms with Gasteiger partial charge in [0.2, 0.25) is 0 Å². The third-order valence-corrected chi connectivity index (χ3v) is 16.1. The van der Waals surface area contributed by atoms with Gasteiger partial charge >= 0.3 is 0 Å². The van der Waals surface area contributed by atoms with Gasteiger partial charge in [-0.2, -0.15) is 0 Å². The van der Waals surface area contributed by atoms with Crippen LogP contribution >= 0.6 is 0 Å². The number of rotatable bonds is 3. The quantitative estimate of drug-likeness (QED) is 0.283. The van der Waals surface area contributed by atoms with Gasteiger partial charge in [-0.15, -0.1) is 0 Å². The first-order chi connectivity index (χ1) is 23.3. The number of fused-ring (bicyclic) bond motifs is 7. The molecule has 13 atom stereocenters. The van der Waals surface area contributed by atoms with Crippen LogP contribution in [0.25, 0.3) is 0 Å². The van der Waals surface area contributed by atoms with Crippen LogP contribution in [-0.4, -0.2) is 6.10 Å². The smallest absolute Gasteiger partial charge is 0.105 e. The van der Waals surface area contributed by atoms with Crippen molar-refractivity contribution in [2.24, 2.45) is 71.0 Å². The summed E-state index contributed by atoms with van der Waals surface area (Å²) in [7, 11) is 0. The Bertz CT molecular complexity index is 1440. The van der Waals surface area contributed by atoms with Crippen molar-refractivity contribution in [3.63, 3.8) is 0 Å². The SMILES string of the molecule is C1=CC2=C(C3C4CCC=CC4C(C4CCC(C5CCC=C6CCCCC65)=C5OC6CCC=CC6C54)C4CCCCC43)CCCC2C=C1. The molecule has 1 aliphatic heterocycles. The summed E-state index contributed by atoms with van der Waals surface area (Å²) in [5, 5.41) is 0. The van der Waals surface area contributed by atoms with Gasteiger partial charge in [0.15, 0.2) is 0 Å². The highest BCUT2D eigenvalue weighted by molar-refractivity contribution is 5.41. The molecule has 0 amide bonds. The van der Waals surface area contributed by atoms with Gasteiger partial charge in [-0.1, -0.05) is 85.1 Å². The highest BCUT2D eigenvalue weighted by Gasteiger charge is 2.58. The Morgan fingerprint density at radius 1 is 0.553 bits per heavy atom. The molecule has 47 heavy (non-hydrogen) atoms. The van der Waals surface area contributed by atoms with E-state index in [0.29, 0.717) is 23.9 Å². The van der Waals surface area contributed by atoms with Crippen LogP contribution in [0, 0.1) is 71.0 Å². The van der Waals surface area contributed by atoms with E-state index in [2.05, 4.69) is 54.7 Å². The molecule has 1 heteroatoms. The maximum atomic E-state index is 7.35. The molecule has 0 spiro atoms. The van der Waals surface area contributed by atoms with E-state index in [0.717, 1.165) is 53.3 Å². The van der Waals surface area contributed by atoms with Gasteiger partial charge in [-0.3, -0.25) is 0 Å². The van der Waals surface area contributed by atoms with Crippen LogP contribution in [0.5, 0.6) is 0 Å². The van der Waals surface area contributed by atoms with Crippen molar-refractivity contribution in [3.05, 3.63) is 82.7 Å². The first-order valence-electron chi connectivity index (χ1n) is 20.8. The second kappa shape index (κ2) is 12.4. The van der Waals surface area contributed by atoms with Gasteiger partial charge in [0, 0.05) is 17.8 Å². The molecule has 10 aliphatic rings. The van der Waals surface area contributed by atoms with Crippen molar-refractivity contribution in [2.75, 3.05) is 0 Å². The lowest BCUT2D eigenvalue weighted by atomic mass is 9.45. The maximum Gasteiger partial charge on any atom is 0.105 e. The van der Waals surface area contributed by atoms with Crippen LogP contribution in [0.1, 0.15) is 122 Å². The highest BCUT2D eigenvalue weighted by atomic mass is 16.5. The van der Waals surface area contributed by atoms with Crippen LogP contribution in [0.15, 0.2) is 82.7 Å². The van der Waals surface area contributed by atoms with Gasteiger partial charge in [0.1, 0.15) is 6.10 Å². The minimum atomic E-state index is 0.439. The van der Waals surface area contributed by atoms with Crippen LogP contribution in [-0.2, 0) is 4.74 Å². The minimum absolute atomic E-state index is 0.439. The van der Waals surface area contributed by atoms with Crippen molar-refractivity contribution >= 4 is 0 Å². The zero-order valence-electron chi connectivity index (χ0n) is 29.0. The molecule has 0 aromatic carbocycles.